The number of anilines is 1. The molecule has 2 aromatic carbocycles. The Labute approximate surface area is 174 Å². The van der Waals surface area contributed by atoms with E-state index >= 15 is 0 Å². The normalized spacial score (nSPS) is 16.8. The first kappa shape index (κ1) is 18.6. The number of piperidine rings is 1. The zero-order valence-electron chi connectivity index (χ0n) is 16.6. The van der Waals surface area contributed by atoms with Crippen molar-refractivity contribution in [2.45, 2.75) is 19.4 Å². The van der Waals surface area contributed by atoms with Crippen molar-refractivity contribution < 1.29 is 9.18 Å². The second-order valence-electron chi connectivity index (χ2n) is 7.78. The number of fused-ring (bicyclic) bond motifs is 3. The number of aromatic nitrogens is 2. The molecule has 2 aromatic heterocycles. The van der Waals surface area contributed by atoms with Crippen LogP contribution in [0.4, 0.5) is 10.2 Å². The highest BCUT2D eigenvalue weighted by Crippen LogP contribution is 2.29. The van der Waals surface area contributed by atoms with Gasteiger partial charge in [0.2, 0.25) is 5.91 Å². The van der Waals surface area contributed by atoms with Crippen LogP contribution in [0.25, 0.3) is 16.6 Å². The van der Waals surface area contributed by atoms with Gasteiger partial charge < -0.3 is 14.6 Å². The summed E-state index contributed by atoms with van der Waals surface area (Å²) in [5.41, 5.74) is 3.55. The lowest BCUT2D eigenvalue weighted by Gasteiger charge is -2.33. The Kier molecular flexibility index (Phi) is 4.83. The largest absolute Gasteiger partial charge is 0.354 e. The molecule has 0 spiro atoms. The smallest absolute Gasteiger partial charge is 0.225 e. The van der Waals surface area contributed by atoms with Crippen LogP contribution in [0.15, 0.2) is 66.9 Å². The molecule has 4 aromatic rings. The molecule has 1 atom stereocenters. The van der Waals surface area contributed by atoms with Gasteiger partial charge in [0.25, 0.3) is 0 Å². The molecule has 0 radical (unpaired) electrons. The number of para-hydroxylation sites is 2. The Morgan fingerprint density at radius 3 is 2.77 bits per heavy atom. The minimum atomic E-state index is -0.293. The van der Waals surface area contributed by atoms with Gasteiger partial charge in [-0.1, -0.05) is 30.3 Å². The molecule has 152 valence electrons. The maximum Gasteiger partial charge on any atom is 0.225 e. The van der Waals surface area contributed by atoms with E-state index in [-0.39, 0.29) is 24.2 Å². The van der Waals surface area contributed by atoms with Gasteiger partial charge in [-0.25, -0.2) is 9.37 Å². The Morgan fingerprint density at radius 1 is 1.07 bits per heavy atom. The summed E-state index contributed by atoms with van der Waals surface area (Å²) in [4.78, 5) is 19.9. The van der Waals surface area contributed by atoms with Crippen molar-refractivity contribution in [2.24, 2.45) is 5.92 Å². The van der Waals surface area contributed by atoms with Crippen LogP contribution < -0.4 is 10.2 Å². The summed E-state index contributed by atoms with van der Waals surface area (Å²) in [6, 6.07) is 18.7. The van der Waals surface area contributed by atoms with Crippen LogP contribution in [0, 0.1) is 11.7 Å². The monoisotopic (exact) mass is 402 g/mol. The van der Waals surface area contributed by atoms with E-state index in [1.54, 1.807) is 18.2 Å². The van der Waals surface area contributed by atoms with Gasteiger partial charge in [-0.2, -0.15) is 0 Å². The van der Waals surface area contributed by atoms with E-state index in [1.807, 2.05) is 30.5 Å². The van der Waals surface area contributed by atoms with Crippen molar-refractivity contribution in [3.63, 3.8) is 0 Å². The SMILES string of the molecule is O=C(NCc1ccccc1F)[C@@H]1CCCN(c2nc3ccccc3n3cccc23)C1. The van der Waals surface area contributed by atoms with Crippen molar-refractivity contribution in [2.75, 3.05) is 18.0 Å². The van der Waals surface area contributed by atoms with Gasteiger partial charge in [-0.05, 0) is 43.2 Å². The van der Waals surface area contributed by atoms with Crippen molar-refractivity contribution in [1.29, 1.82) is 0 Å². The van der Waals surface area contributed by atoms with Gasteiger partial charge >= 0.3 is 0 Å². The average molecular weight is 402 g/mol. The summed E-state index contributed by atoms with van der Waals surface area (Å²) in [5.74, 6) is 0.438. The van der Waals surface area contributed by atoms with E-state index < -0.39 is 0 Å². The molecule has 1 fully saturated rings. The van der Waals surface area contributed by atoms with E-state index in [0.717, 1.165) is 41.8 Å². The van der Waals surface area contributed by atoms with Gasteiger partial charge in [0.15, 0.2) is 5.82 Å². The molecule has 0 saturated carbocycles. The summed E-state index contributed by atoms with van der Waals surface area (Å²) in [5, 5.41) is 2.91. The summed E-state index contributed by atoms with van der Waals surface area (Å²) in [7, 11) is 0. The summed E-state index contributed by atoms with van der Waals surface area (Å²) >= 11 is 0. The fraction of sp³-hybridized carbons (Fsp3) is 0.250. The Morgan fingerprint density at radius 2 is 1.87 bits per heavy atom. The molecule has 1 N–H and O–H groups in total. The lowest BCUT2D eigenvalue weighted by Crippen LogP contribution is -2.43. The standard InChI is InChI=1S/C24H23FN4O/c25-19-9-2-1-7-17(19)15-26-24(30)18-8-5-13-28(16-18)23-22-12-6-14-29(22)21-11-4-3-10-20(21)27-23/h1-4,6-7,9-12,14,18H,5,8,13,15-16H2,(H,26,30)/t18-/m1/s1. The van der Waals surface area contributed by atoms with E-state index in [0.29, 0.717) is 12.1 Å². The molecule has 30 heavy (non-hydrogen) atoms. The second-order valence-corrected chi connectivity index (χ2v) is 7.78. The van der Waals surface area contributed by atoms with Crippen molar-refractivity contribution in [3.8, 4) is 0 Å². The van der Waals surface area contributed by atoms with Crippen molar-refractivity contribution in [1.82, 2.24) is 14.7 Å². The number of benzene rings is 2. The molecular formula is C24H23FN4O. The number of carbonyl (C=O) groups excluding carboxylic acids is 1. The van der Waals surface area contributed by atoms with Crippen molar-refractivity contribution in [3.05, 3.63) is 78.2 Å². The molecule has 0 bridgehead atoms. The molecule has 5 nitrogen and oxygen atoms in total. The number of nitrogens with one attached hydrogen (secondary N) is 1. The third-order valence-electron chi connectivity index (χ3n) is 5.85. The van der Waals surface area contributed by atoms with E-state index in [4.69, 9.17) is 4.98 Å². The van der Waals surface area contributed by atoms with Gasteiger partial charge in [0.1, 0.15) is 5.82 Å². The second kappa shape index (κ2) is 7.78. The van der Waals surface area contributed by atoms with Crippen LogP contribution in [0.1, 0.15) is 18.4 Å². The predicted molar refractivity (Wildman–Crippen MR) is 116 cm³/mol. The highest BCUT2D eigenvalue weighted by atomic mass is 19.1. The third-order valence-corrected chi connectivity index (χ3v) is 5.85. The lowest BCUT2D eigenvalue weighted by atomic mass is 9.97. The molecular weight excluding hydrogens is 379 g/mol. The van der Waals surface area contributed by atoms with E-state index in [1.165, 1.54) is 6.07 Å². The molecule has 3 heterocycles. The summed E-state index contributed by atoms with van der Waals surface area (Å²) in [6.45, 7) is 1.68. The number of hydrogen-bond donors (Lipinski definition) is 1. The quantitative estimate of drug-likeness (QED) is 0.558. The Hall–Kier alpha value is -3.41. The number of rotatable bonds is 4. The maximum atomic E-state index is 13.8. The van der Waals surface area contributed by atoms with Gasteiger partial charge in [0.05, 0.1) is 22.5 Å². The van der Waals surface area contributed by atoms with Crippen molar-refractivity contribution >= 4 is 28.3 Å². The lowest BCUT2D eigenvalue weighted by molar-refractivity contribution is -0.125. The van der Waals surface area contributed by atoms with Gasteiger partial charge in [-0.3, -0.25) is 4.79 Å². The fourth-order valence-electron chi connectivity index (χ4n) is 4.29. The molecule has 0 aliphatic carbocycles. The number of halogens is 1. The molecule has 1 saturated heterocycles. The zero-order chi connectivity index (χ0) is 20.5. The van der Waals surface area contributed by atoms with Crippen LogP contribution in [0.2, 0.25) is 0 Å². The first-order chi connectivity index (χ1) is 14.7. The molecule has 5 rings (SSSR count). The summed E-state index contributed by atoms with van der Waals surface area (Å²) < 4.78 is 16.0. The molecule has 0 unspecified atom stereocenters. The first-order valence-corrected chi connectivity index (χ1v) is 10.3. The topological polar surface area (TPSA) is 49.6 Å². The predicted octanol–water partition coefficient (Wildman–Crippen LogP) is 4.16. The molecule has 6 heteroatoms. The van der Waals surface area contributed by atoms with Gasteiger partial charge in [0, 0.05) is 31.4 Å². The van der Waals surface area contributed by atoms with E-state index in [9.17, 15) is 9.18 Å². The van der Waals surface area contributed by atoms with E-state index in [2.05, 4.69) is 26.8 Å². The zero-order valence-corrected chi connectivity index (χ0v) is 16.6. The van der Waals surface area contributed by atoms with Gasteiger partial charge in [-0.15, -0.1) is 0 Å². The molecule has 1 aliphatic rings. The Bertz CT molecular complexity index is 1220. The number of carbonyl (C=O) groups is 1. The Balaban J connectivity index is 1.37. The number of hydrogen-bond acceptors (Lipinski definition) is 3. The molecule has 1 aliphatic heterocycles. The summed E-state index contributed by atoms with van der Waals surface area (Å²) in [6.07, 6.45) is 3.79. The maximum absolute atomic E-state index is 13.8. The fourth-order valence-corrected chi connectivity index (χ4v) is 4.29. The highest BCUT2D eigenvalue weighted by Gasteiger charge is 2.28. The molecule has 1 amide bonds. The van der Waals surface area contributed by atoms with Crippen LogP contribution in [0.3, 0.4) is 0 Å². The first-order valence-electron chi connectivity index (χ1n) is 10.3. The minimum absolute atomic E-state index is 0.0323. The van der Waals surface area contributed by atoms with Crippen LogP contribution in [-0.4, -0.2) is 28.4 Å². The minimum Gasteiger partial charge on any atom is -0.354 e. The van der Waals surface area contributed by atoms with Crippen LogP contribution >= 0.6 is 0 Å². The number of amides is 1. The average Bonchev–Trinajstić information content (AvgIpc) is 3.28. The van der Waals surface area contributed by atoms with Crippen LogP contribution in [0.5, 0.6) is 0 Å². The third kappa shape index (κ3) is 3.38. The number of nitrogens with zero attached hydrogens (tertiary/aromatic N) is 3. The highest BCUT2D eigenvalue weighted by molar-refractivity contribution is 5.86. The van der Waals surface area contributed by atoms with Crippen LogP contribution in [-0.2, 0) is 11.3 Å².